The molecular formula is C31H34FN5O2. The smallest absolute Gasteiger partial charge is 0.256 e. The lowest BCUT2D eigenvalue weighted by Crippen LogP contribution is -2.50. The van der Waals surface area contributed by atoms with E-state index in [1.165, 1.54) is 12.4 Å². The van der Waals surface area contributed by atoms with E-state index in [-0.39, 0.29) is 11.5 Å². The maximum atomic E-state index is 15.4. The van der Waals surface area contributed by atoms with Crippen LogP contribution in [0.4, 0.5) is 4.39 Å². The van der Waals surface area contributed by atoms with Crippen molar-refractivity contribution < 1.29 is 13.9 Å². The molecule has 0 bridgehead atoms. The first-order chi connectivity index (χ1) is 19.1. The number of hydrogen-bond donors (Lipinski definition) is 0. The SMILES string of the molecule is CCc1ccc(C#Cc2c(CC)ncnc2-c2ccc(C(=O)N3CCC(N4CCOCC4)CC3)c(F)c2)cn1. The third-order valence-electron chi connectivity index (χ3n) is 7.57. The summed E-state index contributed by atoms with van der Waals surface area (Å²) >= 11 is 0. The monoisotopic (exact) mass is 527 g/mol. The maximum absolute atomic E-state index is 15.4. The summed E-state index contributed by atoms with van der Waals surface area (Å²) in [5, 5.41) is 0. The first kappa shape index (κ1) is 26.9. The van der Waals surface area contributed by atoms with Gasteiger partial charge in [-0.3, -0.25) is 14.7 Å². The summed E-state index contributed by atoms with van der Waals surface area (Å²) in [6.07, 6.45) is 6.54. The second-order valence-electron chi connectivity index (χ2n) is 9.91. The van der Waals surface area contributed by atoms with Crippen LogP contribution in [-0.4, -0.2) is 76.1 Å². The van der Waals surface area contributed by atoms with Crippen molar-refractivity contribution in [2.45, 2.75) is 45.6 Å². The van der Waals surface area contributed by atoms with Gasteiger partial charge in [0.15, 0.2) is 0 Å². The number of halogens is 1. The first-order valence-electron chi connectivity index (χ1n) is 13.8. The normalized spacial score (nSPS) is 16.5. The van der Waals surface area contributed by atoms with E-state index in [2.05, 4.69) is 38.6 Å². The summed E-state index contributed by atoms with van der Waals surface area (Å²) in [5.74, 6) is 5.54. The number of likely N-dealkylation sites (tertiary alicyclic amines) is 1. The molecule has 2 saturated heterocycles. The molecule has 0 aliphatic carbocycles. The number of pyridine rings is 1. The molecule has 2 aliphatic heterocycles. The molecule has 2 aliphatic rings. The van der Waals surface area contributed by atoms with Gasteiger partial charge >= 0.3 is 0 Å². The predicted octanol–water partition coefficient (Wildman–Crippen LogP) is 4.14. The summed E-state index contributed by atoms with van der Waals surface area (Å²) in [5.41, 5.74) is 4.44. The Morgan fingerprint density at radius 3 is 2.46 bits per heavy atom. The zero-order chi connectivity index (χ0) is 27.2. The minimum Gasteiger partial charge on any atom is -0.379 e. The summed E-state index contributed by atoms with van der Waals surface area (Å²) < 4.78 is 20.8. The number of piperidine rings is 1. The number of aromatic nitrogens is 3. The minimum absolute atomic E-state index is 0.0862. The predicted molar refractivity (Wildman–Crippen MR) is 148 cm³/mol. The zero-order valence-corrected chi connectivity index (χ0v) is 22.6. The van der Waals surface area contributed by atoms with Gasteiger partial charge in [-0.05, 0) is 49.9 Å². The molecule has 2 aromatic heterocycles. The number of rotatable bonds is 5. The highest BCUT2D eigenvalue weighted by atomic mass is 19.1. The van der Waals surface area contributed by atoms with Crippen LogP contribution in [0.2, 0.25) is 0 Å². The Morgan fingerprint density at radius 1 is 1.00 bits per heavy atom. The highest BCUT2D eigenvalue weighted by molar-refractivity contribution is 5.95. The van der Waals surface area contributed by atoms with Crippen LogP contribution in [0.3, 0.4) is 0 Å². The van der Waals surface area contributed by atoms with Crippen LogP contribution in [-0.2, 0) is 17.6 Å². The Labute approximate surface area is 229 Å². The Morgan fingerprint density at radius 2 is 1.79 bits per heavy atom. The van der Waals surface area contributed by atoms with E-state index in [4.69, 9.17) is 4.74 Å². The molecule has 39 heavy (non-hydrogen) atoms. The van der Waals surface area contributed by atoms with Crippen molar-refractivity contribution in [2.24, 2.45) is 0 Å². The van der Waals surface area contributed by atoms with Gasteiger partial charge in [0.1, 0.15) is 12.1 Å². The summed E-state index contributed by atoms with van der Waals surface area (Å²) in [6, 6.07) is 9.07. The highest BCUT2D eigenvalue weighted by Gasteiger charge is 2.29. The molecule has 0 unspecified atom stereocenters. The van der Waals surface area contributed by atoms with E-state index in [1.54, 1.807) is 23.2 Å². The van der Waals surface area contributed by atoms with Gasteiger partial charge in [0, 0.05) is 55.2 Å². The van der Waals surface area contributed by atoms with Crippen LogP contribution in [0.25, 0.3) is 11.3 Å². The van der Waals surface area contributed by atoms with E-state index >= 15 is 4.39 Å². The lowest BCUT2D eigenvalue weighted by molar-refractivity contribution is 0.00154. The number of benzene rings is 1. The summed E-state index contributed by atoms with van der Waals surface area (Å²) in [7, 11) is 0. The van der Waals surface area contributed by atoms with E-state index in [0.29, 0.717) is 42.4 Å². The van der Waals surface area contributed by atoms with E-state index < -0.39 is 5.82 Å². The van der Waals surface area contributed by atoms with Crippen LogP contribution >= 0.6 is 0 Å². The second kappa shape index (κ2) is 12.5. The molecule has 5 rings (SSSR count). The molecular weight excluding hydrogens is 493 g/mol. The molecule has 3 aromatic rings. The molecule has 1 amide bonds. The van der Waals surface area contributed by atoms with Crippen LogP contribution in [0.15, 0.2) is 42.9 Å². The third kappa shape index (κ3) is 6.16. The average Bonchev–Trinajstić information content (AvgIpc) is 3.00. The van der Waals surface area contributed by atoms with Crippen molar-refractivity contribution in [1.29, 1.82) is 0 Å². The number of carbonyl (C=O) groups excluding carboxylic acids is 1. The van der Waals surface area contributed by atoms with Crippen molar-refractivity contribution in [3.05, 3.63) is 76.8 Å². The Bertz CT molecular complexity index is 1370. The van der Waals surface area contributed by atoms with Crippen molar-refractivity contribution in [2.75, 3.05) is 39.4 Å². The maximum Gasteiger partial charge on any atom is 0.256 e. The summed E-state index contributed by atoms with van der Waals surface area (Å²) in [6.45, 7) is 8.71. The number of hydrogen-bond acceptors (Lipinski definition) is 6. The van der Waals surface area contributed by atoms with Crippen molar-refractivity contribution in [3.8, 4) is 23.1 Å². The van der Waals surface area contributed by atoms with Crippen LogP contribution in [0.5, 0.6) is 0 Å². The van der Waals surface area contributed by atoms with Gasteiger partial charge in [-0.15, -0.1) is 0 Å². The Hall–Kier alpha value is -3.67. The number of morpholine rings is 1. The number of nitrogens with zero attached hydrogens (tertiary/aromatic N) is 5. The van der Waals surface area contributed by atoms with Crippen LogP contribution in [0, 0.1) is 17.7 Å². The van der Waals surface area contributed by atoms with Crippen molar-refractivity contribution >= 4 is 5.91 Å². The van der Waals surface area contributed by atoms with Gasteiger partial charge < -0.3 is 9.64 Å². The van der Waals surface area contributed by atoms with Gasteiger partial charge in [0.2, 0.25) is 0 Å². The largest absolute Gasteiger partial charge is 0.379 e. The molecule has 0 saturated carbocycles. The molecule has 1 aromatic carbocycles. The fourth-order valence-electron chi connectivity index (χ4n) is 5.27. The molecule has 0 atom stereocenters. The zero-order valence-electron chi connectivity index (χ0n) is 22.6. The fourth-order valence-corrected chi connectivity index (χ4v) is 5.27. The van der Waals surface area contributed by atoms with E-state index in [1.807, 2.05) is 19.1 Å². The minimum atomic E-state index is -0.553. The van der Waals surface area contributed by atoms with Gasteiger partial charge in [-0.25, -0.2) is 14.4 Å². The molecule has 0 spiro atoms. The standard InChI is InChI=1S/C31H34FN5O2/c1-3-24-8-5-22(20-33-24)6-9-27-29(4-2)34-21-35-30(27)23-7-10-26(28(32)19-23)31(38)37-13-11-25(12-14-37)36-15-17-39-18-16-36/h5,7-8,10,19-21,25H,3-4,11-18H2,1-2H3. The second-order valence-corrected chi connectivity index (χ2v) is 9.91. The number of carbonyl (C=O) groups is 1. The van der Waals surface area contributed by atoms with Crippen LogP contribution < -0.4 is 0 Å². The molecule has 202 valence electrons. The number of amides is 1. The van der Waals surface area contributed by atoms with Gasteiger partial charge in [0.05, 0.1) is 35.7 Å². The van der Waals surface area contributed by atoms with Gasteiger partial charge in [-0.1, -0.05) is 31.8 Å². The summed E-state index contributed by atoms with van der Waals surface area (Å²) in [4.78, 5) is 30.7. The molecule has 0 N–H and O–H groups in total. The topological polar surface area (TPSA) is 71.5 Å². The first-order valence-corrected chi connectivity index (χ1v) is 13.8. The Kier molecular flexibility index (Phi) is 8.60. The van der Waals surface area contributed by atoms with E-state index in [0.717, 1.165) is 62.5 Å². The Balaban J connectivity index is 1.34. The number of aryl methyl sites for hydroxylation is 2. The average molecular weight is 528 g/mol. The van der Waals surface area contributed by atoms with E-state index in [9.17, 15) is 4.79 Å². The van der Waals surface area contributed by atoms with Crippen molar-refractivity contribution in [3.63, 3.8) is 0 Å². The number of ether oxygens (including phenoxy) is 1. The molecule has 8 heteroatoms. The molecule has 2 fully saturated rings. The van der Waals surface area contributed by atoms with Crippen molar-refractivity contribution in [1.82, 2.24) is 24.8 Å². The quantitative estimate of drug-likeness (QED) is 0.465. The molecule has 4 heterocycles. The van der Waals surface area contributed by atoms with Gasteiger partial charge in [-0.2, -0.15) is 0 Å². The fraction of sp³-hybridized carbons (Fsp3) is 0.419. The van der Waals surface area contributed by atoms with Gasteiger partial charge in [0.25, 0.3) is 5.91 Å². The highest BCUT2D eigenvalue weighted by Crippen LogP contribution is 2.27. The molecule has 7 nitrogen and oxygen atoms in total. The van der Waals surface area contributed by atoms with Crippen LogP contribution in [0.1, 0.15) is 59.6 Å². The third-order valence-corrected chi connectivity index (χ3v) is 7.57. The lowest BCUT2D eigenvalue weighted by Gasteiger charge is -2.40. The molecule has 0 radical (unpaired) electrons. The lowest BCUT2D eigenvalue weighted by atomic mass is 9.99.